The van der Waals surface area contributed by atoms with Gasteiger partial charge in [0.2, 0.25) is 11.8 Å². The minimum atomic E-state index is -1.17. The van der Waals surface area contributed by atoms with Gasteiger partial charge in [-0.25, -0.2) is 0 Å². The Morgan fingerprint density at radius 2 is 1.94 bits per heavy atom. The Labute approximate surface area is 210 Å². The Hall–Kier alpha value is -2.97. The van der Waals surface area contributed by atoms with Gasteiger partial charge in [-0.05, 0) is 55.5 Å². The minimum absolute atomic E-state index is 0.0684. The van der Waals surface area contributed by atoms with Crippen LogP contribution in [0.4, 0.5) is 5.69 Å². The van der Waals surface area contributed by atoms with Crippen LogP contribution in [0.1, 0.15) is 40.5 Å². The highest BCUT2D eigenvalue weighted by molar-refractivity contribution is 6.04. The summed E-state index contributed by atoms with van der Waals surface area (Å²) in [6.45, 7) is 7.34. The van der Waals surface area contributed by atoms with Crippen LogP contribution in [0.15, 0.2) is 42.5 Å². The molecule has 3 saturated heterocycles. The van der Waals surface area contributed by atoms with Crippen LogP contribution in [-0.4, -0.2) is 64.3 Å². The lowest BCUT2D eigenvalue weighted by Crippen LogP contribution is -2.56. The predicted octanol–water partition coefficient (Wildman–Crippen LogP) is 3.12. The van der Waals surface area contributed by atoms with Crippen LogP contribution in [0.5, 0.6) is 0 Å². The highest BCUT2D eigenvalue weighted by Crippen LogP contribution is 2.65. The number of fused-ring (bicyclic) bond motifs is 2. The van der Waals surface area contributed by atoms with E-state index in [0.29, 0.717) is 18.5 Å². The molecule has 1 spiro atoms. The van der Waals surface area contributed by atoms with Crippen molar-refractivity contribution in [1.29, 1.82) is 0 Å². The third-order valence-electron chi connectivity index (χ3n) is 8.63. The van der Waals surface area contributed by atoms with E-state index in [-0.39, 0.29) is 30.9 Å². The van der Waals surface area contributed by atoms with Crippen LogP contribution in [0.3, 0.4) is 0 Å². The number of benzene rings is 2. The number of rotatable bonds is 7. The molecule has 2 bridgehead atoms. The highest BCUT2D eigenvalue weighted by Gasteiger charge is 2.80. The van der Waals surface area contributed by atoms with Crippen LogP contribution in [0.25, 0.3) is 10.8 Å². The maximum atomic E-state index is 14.0. The molecule has 0 radical (unpaired) electrons. The van der Waals surface area contributed by atoms with Crippen LogP contribution >= 0.6 is 0 Å². The molecule has 7 atom stereocenters. The van der Waals surface area contributed by atoms with Crippen LogP contribution < -0.4 is 5.32 Å². The van der Waals surface area contributed by atoms with E-state index in [0.717, 1.165) is 10.8 Å². The van der Waals surface area contributed by atoms with Gasteiger partial charge in [-0.1, -0.05) is 44.2 Å². The fourth-order valence-electron chi connectivity index (χ4n) is 6.85. The van der Waals surface area contributed by atoms with E-state index < -0.39 is 41.1 Å². The normalized spacial score (nSPS) is 33.6. The second-order valence-electron chi connectivity index (χ2n) is 10.5. The van der Waals surface area contributed by atoms with Crippen LogP contribution in [0, 0.1) is 17.8 Å². The predicted molar refractivity (Wildman–Crippen MR) is 134 cm³/mol. The monoisotopic (exact) mass is 494 g/mol. The molecule has 3 unspecified atom stereocenters. The molecule has 2 amide bonds. The Morgan fingerprint density at radius 3 is 2.61 bits per heavy atom. The van der Waals surface area contributed by atoms with Gasteiger partial charge in [-0.15, -0.1) is 0 Å². The zero-order chi connectivity index (χ0) is 25.8. The first kappa shape index (κ1) is 24.7. The van der Waals surface area contributed by atoms with Gasteiger partial charge in [-0.2, -0.15) is 0 Å². The van der Waals surface area contributed by atoms with Gasteiger partial charge in [-0.3, -0.25) is 14.4 Å². The van der Waals surface area contributed by atoms with Crippen LogP contribution in [0.2, 0.25) is 0 Å². The fraction of sp³-hybridized carbons (Fsp3) is 0.536. The molecule has 2 aromatic rings. The van der Waals surface area contributed by atoms with Crippen LogP contribution in [-0.2, 0) is 23.9 Å². The summed E-state index contributed by atoms with van der Waals surface area (Å²) < 4.78 is 12.0. The molecule has 2 aromatic carbocycles. The number of esters is 1. The van der Waals surface area contributed by atoms with Crippen molar-refractivity contribution >= 4 is 34.2 Å². The lowest BCUT2D eigenvalue weighted by Gasteiger charge is -2.36. The van der Waals surface area contributed by atoms with E-state index in [2.05, 4.69) is 5.32 Å². The number of ether oxygens (including phenoxy) is 2. The summed E-state index contributed by atoms with van der Waals surface area (Å²) in [7, 11) is 0. The third-order valence-corrected chi connectivity index (χ3v) is 8.63. The minimum Gasteiger partial charge on any atom is -0.466 e. The maximum absolute atomic E-state index is 14.0. The maximum Gasteiger partial charge on any atom is 0.312 e. The molecular weight excluding hydrogens is 460 g/mol. The van der Waals surface area contributed by atoms with E-state index in [4.69, 9.17) is 9.47 Å². The first-order valence-corrected chi connectivity index (χ1v) is 12.8. The Kier molecular flexibility index (Phi) is 6.08. The van der Waals surface area contributed by atoms with Gasteiger partial charge in [0.25, 0.3) is 0 Å². The molecular formula is C28H34N2O6. The van der Waals surface area contributed by atoms with Gasteiger partial charge < -0.3 is 24.8 Å². The van der Waals surface area contributed by atoms with Gasteiger partial charge in [0.15, 0.2) is 0 Å². The highest BCUT2D eigenvalue weighted by atomic mass is 16.6. The SMILES string of the molecule is CCOC(=O)[C@@H]1[C@H]2C(=O)N([C@@H](CC)CO)C(C(=O)Nc3ccc4ccccc4c3)C23CC(C)[C@@]1(C)O3. The van der Waals surface area contributed by atoms with Crippen molar-refractivity contribution in [1.82, 2.24) is 4.90 Å². The lowest BCUT2D eigenvalue weighted by molar-refractivity contribution is -0.161. The smallest absolute Gasteiger partial charge is 0.312 e. The van der Waals surface area contributed by atoms with E-state index in [9.17, 15) is 19.5 Å². The quantitative estimate of drug-likeness (QED) is 0.573. The van der Waals surface area contributed by atoms with Crippen molar-refractivity contribution in [3.8, 4) is 0 Å². The summed E-state index contributed by atoms with van der Waals surface area (Å²) in [5.74, 6) is -2.91. The molecule has 192 valence electrons. The molecule has 8 heteroatoms. The molecule has 3 fully saturated rings. The summed E-state index contributed by atoms with van der Waals surface area (Å²) >= 11 is 0. The molecule has 8 nitrogen and oxygen atoms in total. The van der Waals surface area contributed by atoms with Crippen molar-refractivity contribution in [2.45, 2.75) is 63.8 Å². The average Bonchev–Trinajstić information content (AvgIpc) is 3.37. The number of likely N-dealkylation sites (tertiary alicyclic amines) is 1. The van der Waals surface area contributed by atoms with E-state index in [1.165, 1.54) is 4.90 Å². The topological polar surface area (TPSA) is 105 Å². The fourth-order valence-corrected chi connectivity index (χ4v) is 6.85. The standard InChI is InChI=1S/C28H34N2O6/c1-5-20(15-31)30-23(24(32)29-19-12-11-17-9-7-8-10-18(17)13-19)28-14-16(3)27(4,36-28)22(21(28)25(30)33)26(34)35-6-2/h7-13,16,20-23,31H,5-6,14-15H2,1-4H3,(H,29,32)/t16?,20-,21-,22-,23?,27+,28?/m0/s1. The first-order chi connectivity index (χ1) is 17.2. The zero-order valence-corrected chi connectivity index (χ0v) is 21.2. The van der Waals surface area contributed by atoms with Crippen molar-refractivity contribution in [2.75, 3.05) is 18.5 Å². The molecule has 3 aliphatic heterocycles. The number of aliphatic hydroxyl groups excluding tert-OH is 1. The summed E-state index contributed by atoms with van der Waals surface area (Å²) in [6, 6.07) is 12.0. The number of nitrogens with one attached hydrogen (secondary N) is 1. The molecule has 5 rings (SSSR count). The average molecular weight is 495 g/mol. The summed E-state index contributed by atoms with van der Waals surface area (Å²) in [6.07, 6.45) is 0.922. The van der Waals surface area contributed by atoms with Gasteiger partial charge in [0.05, 0.1) is 30.8 Å². The van der Waals surface area contributed by atoms with E-state index in [1.807, 2.05) is 63.2 Å². The molecule has 0 aliphatic carbocycles. The Morgan fingerprint density at radius 1 is 1.22 bits per heavy atom. The number of hydrogen-bond donors (Lipinski definition) is 2. The molecule has 0 aromatic heterocycles. The first-order valence-electron chi connectivity index (χ1n) is 12.8. The Balaban J connectivity index is 1.57. The number of aliphatic hydroxyl groups is 1. The number of hydrogen-bond acceptors (Lipinski definition) is 6. The zero-order valence-electron chi connectivity index (χ0n) is 21.2. The Bertz CT molecular complexity index is 1210. The summed E-state index contributed by atoms with van der Waals surface area (Å²) in [4.78, 5) is 42.6. The van der Waals surface area contributed by atoms with Crippen molar-refractivity contribution < 1.29 is 29.0 Å². The second kappa shape index (κ2) is 8.85. The van der Waals surface area contributed by atoms with Gasteiger partial charge in [0.1, 0.15) is 17.6 Å². The number of carbonyl (C=O) groups is 3. The number of nitrogens with zero attached hydrogens (tertiary/aromatic N) is 1. The summed E-state index contributed by atoms with van der Waals surface area (Å²) in [5, 5.41) is 15.2. The molecule has 2 N–H and O–H groups in total. The van der Waals surface area contributed by atoms with E-state index in [1.54, 1.807) is 6.92 Å². The van der Waals surface area contributed by atoms with Gasteiger partial charge >= 0.3 is 5.97 Å². The molecule has 36 heavy (non-hydrogen) atoms. The summed E-state index contributed by atoms with van der Waals surface area (Å²) in [5.41, 5.74) is -1.48. The molecule has 0 saturated carbocycles. The van der Waals surface area contributed by atoms with Crippen molar-refractivity contribution in [3.05, 3.63) is 42.5 Å². The molecule has 3 heterocycles. The van der Waals surface area contributed by atoms with E-state index >= 15 is 0 Å². The number of carbonyl (C=O) groups excluding carboxylic acids is 3. The van der Waals surface area contributed by atoms with Crippen molar-refractivity contribution in [2.24, 2.45) is 17.8 Å². The third kappa shape index (κ3) is 3.38. The number of amides is 2. The largest absolute Gasteiger partial charge is 0.466 e. The van der Waals surface area contributed by atoms with Gasteiger partial charge in [0, 0.05) is 5.69 Å². The van der Waals surface area contributed by atoms with Crippen molar-refractivity contribution in [3.63, 3.8) is 0 Å². The lowest BCUT2D eigenvalue weighted by atomic mass is 9.62. The molecule has 3 aliphatic rings. The number of anilines is 1. The second-order valence-corrected chi connectivity index (χ2v) is 10.5.